The zero-order valence-electron chi connectivity index (χ0n) is 11.0. The Labute approximate surface area is 113 Å². The topological polar surface area (TPSA) is 83.5 Å². The van der Waals surface area contributed by atoms with Crippen LogP contribution < -0.4 is 4.72 Å². The first-order chi connectivity index (χ1) is 8.80. The summed E-state index contributed by atoms with van der Waals surface area (Å²) in [5.41, 5.74) is 0.780. The normalized spacial score (nSPS) is 13.4. The van der Waals surface area contributed by atoms with E-state index in [9.17, 15) is 13.2 Å². The van der Waals surface area contributed by atoms with Crippen molar-refractivity contribution >= 4 is 16.0 Å². The Morgan fingerprint density at radius 2 is 1.84 bits per heavy atom. The maximum atomic E-state index is 11.8. The van der Waals surface area contributed by atoms with Crippen LogP contribution in [0, 0.1) is 5.92 Å². The molecule has 0 spiro atoms. The number of carboxylic acids is 1. The highest BCUT2D eigenvalue weighted by molar-refractivity contribution is 7.89. The Morgan fingerprint density at radius 1 is 1.26 bits per heavy atom. The zero-order chi connectivity index (χ0) is 14.5. The van der Waals surface area contributed by atoms with E-state index in [1.54, 1.807) is 38.1 Å². The molecule has 0 aromatic heterocycles. The lowest BCUT2D eigenvalue weighted by atomic mass is 10.1. The van der Waals surface area contributed by atoms with E-state index in [1.807, 2.05) is 6.07 Å². The average Bonchev–Trinajstić information content (AvgIpc) is 2.27. The van der Waals surface area contributed by atoms with Crippen molar-refractivity contribution in [3.05, 3.63) is 35.9 Å². The lowest BCUT2D eigenvalue weighted by molar-refractivity contribution is -0.138. The molecule has 0 saturated carbocycles. The third-order valence-corrected chi connectivity index (χ3v) is 4.20. The third-order valence-electron chi connectivity index (χ3n) is 2.46. The lowest BCUT2D eigenvalue weighted by Crippen LogP contribution is -2.43. The van der Waals surface area contributed by atoms with Crippen molar-refractivity contribution in [1.82, 2.24) is 4.72 Å². The quantitative estimate of drug-likeness (QED) is 0.790. The van der Waals surface area contributed by atoms with Crippen molar-refractivity contribution in [2.75, 3.05) is 5.75 Å². The van der Waals surface area contributed by atoms with Crippen molar-refractivity contribution in [3.8, 4) is 0 Å². The van der Waals surface area contributed by atoms with Gasteiger partial charge < -0.3 is 5.11 Å². The second kappa shape index (κ2) is 6.68. The van der Waals surface area contributed by atoms with Gasteiger partial charge >= 0.3 is 5.97 Å². The first-order valence-electron chi connectivity index (χ1n) is 6.07. The minimum Gasteiger partial charge on any atom is -0.480 e. The highest BCUT2D eigenvalue weighted by Crippen LogP contribution is 2.06. The van der Waals surface area contributed by atoms with Crippen LogP contribution in [-0.2, 0) is 21.2 Å². The number of nitrogens with one attached hydrogen (secondary N) is 1. The molecule has 1 unspecified atom stereocenters. The highest BCUT2D eigenvalue weighted by atomic mass is 32.2. The number of hydrogen-bond acceptors (Lipinski definition) is 3. The predicted molar refractivity (Wildman–Crippen MR) is 73.3 cm³/mol. The third kappa shape index (κ3) is 5.85. The fourth-order valence-electron chi connectivity index (χ4n) is 1.73. The summed E-state index contributed by atoms with van der Waals surface area (Å²) in [5, 5.41) is 9.11. The molecule has 0 heterocycles. The number of benzene rings is 1. The second-order valence-corrected chi connectivity index (χ2v) is 6.67. The fourth-order valence-corrected chi connectivity index (χ4v) is 3.32. The molecule has 1 aromatic rings. The Morgan fingerprint density at radius 3 is 2.32 bits per heavy atom. The molecular formula is C13H19NO4S. The number of carboxylic acid groups (broad SMARTS) is 1. The molecule has 1 aromatic carbocycles. The number of rotatable bonds is 7. The van der Waals surface area contributed by atoms with Crippen LogP contribution in [-0.4, -0.2) is 31.3 Å². The van der Waals surface area contributed by atoms with Crippen molar-refractivity contribution in [2.45, 2.75) is 26.3 Å². The molecular weight excluding hydrogens is 266 g/mol. The van der Waals surface area contributed by atoms with Crippen LogP contribution in [0.3, 0.4) is 0 Å². The van der Waals surface area contributed by atoms with E-state index in [0.29, 0.717) is 0 Å². The van der Waals surface area contributed by atoms with Gasteiger partial charge in [-0.1, -0.05) is 44.2 Å². The highest BCUT2D eigenvalue weighted by Gasteiger charge is 2.24. The minimum absolute atomic E-state index is 0.0522. The van der Waals surface area contributed by atoms with Gasteiger partial charge in [-0.15, -0.1) is 0 Å². The van der Waals surface area contributed by atoms with E-state index >= 15 is 0 Å². The SMILES string of the molecule is CC(C)CS(=O)(=O)NC(Cc1ccccc1)C(=O)O. The molecule has 0 amide bonds. The van der Waals surface area contributed by atoms with Crippen LogP contribution in [0.2, 0.25) is 0 Å². The smallest absolute Gasteiger partial charge is 0.322 e. The molecule has 106 valence electrons. The number of aliphatic carboxylic acids is 1. The summed E-state index contributed by atoms with van der Waals surface area (Å²) >= 11 is 0. The zero-order valence-corrected chi connectivity index (χ0v) is 11.9. The summed E-state index contributed by atoms with van der Waals surface area (Å²) in [4.78, 5) is 11.1. The molecule has 0 bridgehead atoms. The molecule has 1 atom stereocenters. The van der Waals surface area contributed by atoms with Crippen LogP contribution in [0.1, 0.15) is 19.4 Å². The van der Waals surface area contributed by atoms with E-state index in [4.69, 9.17) is 5.11 Å². The van der Waals surface area contributed by atoms with Gasteiger partial charge in [-0.05, 0) is 17.9 Å². The van der Waals surface area contributed by atoms with Gasteiger partial charge in [0.05, 0.1) is 5.75 Å². The lowest BCUT2D eigenvalue weighted by Gasteiger charge is -2.15. The predicted octanol–water partition coefficient (Wildman–Crippen LogP) is 1.26. The van der Waals surface area contributed by atoms with Crippen molar-refractivity contribution < 1.29 is 18.3 Å². The summed E-state index contributed by atoms with van der Waals surface area (Å²) in [6.07, 6.45) is 0.132. The minimum atomic E-state index is -3.58. The average molecular weight is 285 g/mol. The molecule has 0 fully saturated rings. The summed E-state index contributed by atoms with van der Waals surface area (Å²) in [5.74, 6) is -1.30. The van der Waals surface area contributed by atoms with Crippen LogP contribution in [0.25, 0.3) is 0 Å². The van der Waals surface area contributed by atoms with E-state index < -0.39 is 22.0 Å². The molecule has 0 aliphatic heterocycles. The summed E-state index contributed by atoms with van der Waals surface area (Å²) in [7, 11) is -3.58. The monoisotopic (exact) mass is 285 g/mol. The molecule has 0 aliphatic carbocycles. The van der Waals surface area contributed by atoms with Gasteiger partial charge in [0, 0.05) is 0 Å². The fraction of sp³-hybridized carbons (Fsp3) is 0.462. The summed E-state index contributed by atoms with van der Waals surface area (Å²) < 4.78 is 25.8. The van der Waals surface area contributed by atoms with Gasteiger partial charge in [0.15, 0.2) is 0 Å². The second-order valence-electron chi connectivity index (χ2n) is 4.87. The van der Waals surface area contributed by atoms with Crippen molar-refractivity contribution in [3.63, 3.8) is 0 Å². The molecule has 2 N–H and O–H groups in total. The van der Waals surface area contributed by atoms with E-state index in [0.717, 1.165) is 5.56 Å². The van der Waals surface area contributed by atoms with Gasteiger partial charge in [0.1, 0.15) is 6.04 Å². The van der Waals surface area contributed by atoms with E-state index in [2.05, 4.69) is 4.72 Å². The van der Waals surface area contributed by atoms with E-state index in [1.165, 1.54) is 0 Å². The number of sulfonamides is 1. The molecule has 0 aliphatic rings. The van der Waals surface area contributed by atoms with Gasteiger partial charge in [-0.2, -0.15) is 0 Å². The summed E-state index contributed by atoms with van der Waals surface area (Å²) in [6.45, 7) is 3.54. The Kier molecular flexibility index (Phi) is 5.50. The number of hydrogen-bond donors (Lipinski definition) is 2. The molecule has 6 heteroatoms. The largest absolute Gasteiger partial charge is 0.480 e. The molecule has 0 saturated heterocycles. The maximum Gasteiger partial charge on any atom is 0.322 e. The Bertz CT molecular complexity index is 511. The number of carbonyl (C=O) groups is 1. The maximum absolute atomic E-state index is 11.8. The van der Waals surface area contributed by atoms with Crippen molar-refractivity contribution in [1.29, 1.82) is 0 Å². The Hall–Kier alpha value is -1.40. The first-order valence-corrected chi connectivity index (χ1v) is 7.72. The van der Waals surface area contributed by atoms with Crippen LogP contribution in [0.15, 0.2) is 30.3 Å². The van der Waals surface area contributed by atoms with Gasteiger partial charge in [0.25, 0.3) is 0 Å². The van der Waals surface area contributed by atoms with Gasteiger partial charge in [-0.25, -0.2) is 13.1 Å². The van der Waals surface area contributed by atoms with Crippen LogP contribution in [0.5, 0.6) is 0 Å². The molecule has 19 heavy (non-hydrogen) atoms. The molecule has 5 nitrogen and oxygen atoms in total. The van der Waals surface area contributed by atoms with Crippen LogP contribution >= 0.6 is 0 Å². The first kappa shape index (κ1) is 15.7. The summed E-state index contributed by atoms with van der Waals surface area (Å²) in [6, 6.07) is 7.81. The van der Waals surface area contributed by atoms with Gasteiger partial charge in [-0.3, -0.25) is 4.79 Å². The molecule has 1 rings (SSSR count). The Balaban J connectivity index is 2.77. The van der Waals surface area contributed by atoms with Gasteiger partial charge in [0.2, 0.25) is 10.0 Å². The van der Waals surface area contributed by atoms with E-state index in [-0.39, 0.29) is 18.1 Å². The standard InChI is InChI=1S/C13H19NO4S/c1-10(2)9-19(17,18)14-12(13(15)16)8-11-6-4-3-5-7-11/h3-7,10,12,14H,8-9H2,1-2H3,(H,15,16). The molecule has 0 radical (unpaired) electrons. The van der Waals surface area contributed by atoms with Crippen molar-refractivity contribution in [2.24, 2.45) is 5.92 Å². The van der Waals surface area contributed by atoms with Crippen LogP contribution in [0.4, 0.5) is 0 Å².